The van der Waals surface area contributed by atoms with Crippen molar-refractivity contribution in [2.75, 3.05) is 6.61 Å². The highest BCUT2D eigenvalue weighted by molar-refractivity contribution is 5.83. The van der Waals surface area contributed by atoms with Gasteiger partial charge < -0.3 is 14.6 Å². The van der Waals surface area contributed by atoms with E-state index in [2.05, 4.69) is 26.8 Å². The third-order valence-electron chi connectivity index (χ3n) is 11.5. The normalized spacial score (nSPS) is 41.6. The number of hydrogen-bond donors (Lipinski definition) is 1. The number of aliphatic hydroxyl groups is 1. The minimum absolute atomic E-state index is 0.130. The first-order valence-corrected chi connectivity index (χ1v) is 14.4. The van der Waals surface area contributed by atoms with Gasteiger partial charge in [0, 0.05) is 18.3 Å². The Labute approximate surface area is 217 Å². The van der Waals surface area contributed by atoms with E-state index in [1.165, 1.54) is 18.4 Å². The molecule has 0 bridgehead atoms. The third-order valence-corrected chi connectivity index (χ3v) is 11.5. The van der Waals surface area contributed by atoms with Gasteiger partial charge in [0.1, 0.15) is 11.5 Å². The first-order chi connectivity index (χ1) is 17.1. The Bertz CT molecular complexity index is 1010. The quantitative estimate of drug-likeness (QED) is 0.321. The Hall–Kier alpha value is -1.65. The molecule has 0 aliphatic heterocycles. The minimum atomic E-state index is -1.10. The number of Topliss-reactive ketones (excluding diaryl/α,β-unsaturated/α-hetero) is 1. The summed E-state index contributed by atoms with van der Waals surface area (Å²) in [5, 5.41) is 11.4. The summed E-state index contributed by atoms with van der Waals surface area (Å²) in [5.41, 5.74) is 2.59. The second-order valence-electron chi connectivity index (χ2n) is 12.7. The monoisotopic (exact) mass is 494 g/mol. The average molecular weight is 495 g/mol. The second kappa shape index (κ2) is 9.27. The summed E-state index contributed by atoms with van der Waals surface area (Å²) in [6, 6.07) is 7.97. The van der Waals surface area contributed by atoms with Crippen molar-refractivity contribution in [1.29, 1.82) is 0 Å². The Balaban J connectivity index is 1.31. The Morgan fingerprint density at radius 2 is 1.75 bits per heavy atom. The van der Waals surface area contributed by atoms with Crippen molar-refractivity contribution in [3.63, 3.8) is 0 Å². The fourth-order valence-electron chi connectivity index (χ4n) is 9.35. The van der Waals surface area contributed by atoms with Gasteiger partial charge in [-0.3, -0.25) is 4.79 Å². The predicted octanol–water partition coefficient (Wildman–Crippen LogP) is 7.24. The number of carbonyl (C=O) groups is 1. The van der Waals surface area contributed by atoms with Crippen LogP contribution in [0.25, 0.3) is 0 Å². The molecule has 0 spiro atoms. The summed E-state index contributed by atoms with van der Waals surface area (Å²) < 4.78 is 11.7. The molecule has 7 atom stereocenters. The van der Waals surface area contributed by atoms with Crippen LogP contribution in [0, 0.1) is 34.0 Å². The van der Waals surface area contributed by atoms with Crippen molar-refractivity contribution < 1.29 is 19.4 Å². The first-order valence-electron chi connectivity index (χ1n) is 14.4. The SMILES string of the molecule is CCOc1ccc(COC2(O)CC[C@@]3(C)C(=CC[C@@H]4[C@@H]3CC[C@@]3(C)[C@H]4CC[C@]3(CC)C(C)=O)C2)cc1. The van der Waals surface area contributed by atoms with Gasteiger partial charge in [0.05, 0.1) is 13.2 Å². The van der Waals surface area contributed by atoms with E-state index >= 15 is 0 Å². The summed E-state index contributed by atoms with van der Waals surface area (Å²) in [6.07, 6.45) is 11.4. The fraction of sp³-hybridized carbons (Fsp3) is 0.719. The van der Waals surface area contributed by atoms with E-state index in [4.69, 9.17) is 9.47 Å². The van der Waals surface area contributed by atoms with Crippen LogP contribution >= 0.6 is 0 Å². The second-order valence-corrected chi connectivity index (χ2v) is 12.7. The lowest BCUT2D eigenvalue weighted by molar-refractivity contribution is -0.231. The molecule has 0 radical (unpaired) electrons. The van der Waals surface area contributed by atoms with E-state index in [1.807, 2.05) is 38.1 Å². The van der Waals surface area contributed by atoms with Crippen molar-refractivity contribution in [3.8, 4) is 5.75 Å². The lowest BCUT2D eigenvalue weighted by atomic mass is 9.45. The Morgan fingerprint density at radius 3 is 2.42 bits per heavy atom. The first kappa shape index (κ1) is 26.0. The van der Waals surface area contributed by atoms with Gasteiger partial charge in [-0.1, -0.05) is 44.6 Å². The van der Waals surface area contributed by atoms with Crippen LogP contribution in [-0.2, 0) is 16.1 Å². The molecule has 0 saturated heterocycles. The molecule has 1 N–H and O–H groups in total. The van der Waals surface area contributed by atoms with E-state index in [0.29, 0.717) is 49.6 Å². The van der Waals surface area contributed by atoms with Crippen molar-refractivity contribution in [1.82, 2.24) is 0 Å². The smallest absolute Gasteiger partial charge is 0.169 e. The zero-order valence-electron chi connectivity index (χ0n) is 23.1. The number of ketones is 1. The Morgan fingerprint density at radius 1 is 1.03 bits per heavy atom. The molecule has 1 unspecified atom stereocenters. The molecule has 198 valence electrons. The third kappa shape index (κ3) is 3.89. The molecular weight excluding hydrogens is 448 g/mol. The van der Waals surface area contributed by atoms with Crippen LogP contribution in [0.1, 0.15) is 98.0 Å². The molecule has 1 aromatic carbocycles. The maximum absolute atomic E-state index is 12.9. The predicted molar refractivity (Wildman–Crippen MR) is 142 cm³/mol. The molecule has 5 rings (SSSR count). The van der Waals surface area contributed by atoms with Gasteiger partial charge in [0.25, 0.3) is 0 Å². The molecule has 4 aliphatic carbocycles. The molecule has 1 aromatic rings. The van der Waals surface area contributed by atoms with Gasteiger partial charge in [-0.15, -0.1) is 0 Å². The van der Waals surface area contributed by atoms with Gasteiger partial charge in [-0.25, -0.2) is 0 Å². The number of hydrogen-bond acceptors (Lipinski definition) is 4. The number of carbonyl (C=O) groups excluding carboxylic acids is 1. The average Bonchev–Trinajstić information content (AvgIpc) is 3.18. The maximum Gasteiger partial charge on any atom is 0.169 e. The molecule has 4 aliphatic rings. The van der Waals surface area contributed by atoms with E-state index in [-0.39, 0.29) is 16.2 Å². The largest absolute Gasteiger partial charge is 0.494 e. The van der Waals surface area contributed by atoms with E-state index < -0.39 is 5.79 Å². The van der Waals surface area contributed by atoms with Crippen LogP contribution in [0.15, 0.2) is 35.9 Å². The summed E-state index contributed by atoms with van der Waals surface area (Å²) in [5.74, 6) is 2.11. The molecule has 0 amide bonds. The standard InChI is InChI=1S/C32H46O4/c1-6-31(22(3)33)17-15-28-26-13-10-24-20-32(34,36-21-23-8-11-25(12-9-23)35-7-2)19-18-29(24,4)27(26)14-16-30(28,31)5/h8-12,26-28,34H,6-7,13-21H2,1-5H3/t26-,27+,28+,29+,30+,31-,32?/m1/s1. The van der Waals surface area contributed by atoms with Gasteiger partial charge in [0.2, 0.25) is 0 Å². The minimum Gasteiger partial charge on any atom is -0.494 e. The molecule has 0 heterocycles. The molecule has 3 saturated carbocycles. The van der Waals surface area contributed by atoms with Crippen molar-refractivity contribution >= 4 is 5.78 Å². The number of benzene rings is 1. The van der Waals surface area contributed by atoms with E-state index in [9.17, 15) is 9.90 Å². The van der Waals surface area contributed by atoms with Gasteiger partial charge in [-0.05, 0) is 105 Å². The highest BCUT2D eigenvalue weighted by Crippen LogP contribution is 2.70. The van der Waals surface area contributed by atoms with Gasteiger partial charge >= 0.3 is 0 Å². The van der Waals surface area contributed by atoms with Gasteiger partial charge in [0.15, 0.2) is 5.79 Å². The highest BCUT2D eigenvalue weighted by Gasteiger charge is 2.65. The van der Waals surface area contributed by atoms with Crippen LogP contribution in [0.4, 0.5) is 0 Å². The maximum atomic E-state index is 12.9. The zero-order valence-corrected chi connectivity index (χ0v) is 23.1. The summed E-state index contributed by atoms with van der Waals surface area (Å²) in [6.45, 7) is 12.0. The number of ether oxygens (including phenoxy) is 2. The molecule has 4 nitrogen and oxygen atoms in total. The van der Waals surface area contributed by atoms with Crippen molar-refractivity contribution in [2.24, 2.45) is 34.0 Å². The number of rotatable bonds is 7. The molecule has 4 heteroatoms. The molecule has 36 heavy (non-hydrogen) atoms. The van der Waals surface area contributed by atoms with Crippen LogP contribution in [-0.4, -0.2) is 23.3 Å². The van der Waals surface area contributed by atoms with E-state index in [0.717, 1.165) is 43.4 Å². The van der Waals surface area contributed by atoms with Crippen molar-refractivity contribution in [3.05, 3.63) is 41.5 Å². The highest BCUT2D eigenvalue weighted by atomic mass is 16.6. The lowest BCUT2D eigenvalue weighted by Gasteiger charge is -2.60. The van der Waals surface area contributed by atoms with Crippen LogP contribution < -0.4 is 4.74 Å². The molecule has 0 aromatic heterocycles. The summed E-state index contributed by atoms with van der Waals surface area (Å²) >= 11 is 0. The van der Waals surface area contributed by atoms with Crippen LogP contribution in [0.5, 0.6) is 5.75 Å². The van der Waals surface area contributed by atoms with Crippen LogP contribution in [0.3, 0.4) is 0 Å². The Kier molecular flexibility index (Phi) is 6.69. The fourth-order valence-corrected chi connectivity index (χ4v) is 9.35. The number of fused-ring (bicyclic) bond motifs is 5. The van der Waals surface area contributed by atoms with Crippen molar-refractivity contribution in [2.45, 2.75) is 105 Å². The zero-order chi connectivity index (χ0) is 25.8. The molecular formula is C32H46O4. The van der Waals surface area contributed by atoms with Crippen LogP contribution in [0.2, 0.25) is 0 Å². The summed E-state index contributed by atoms with van der Waals surface area (Å²) in [4.78, 5) is 12.9. The van der Waals surface area contributed by atoms with Gasteiger partial charge in [-0.2, -0.15) is 0 Å². The number of allylic oxidation sites excluding steroid dienone is 1. The molecule has 3 fully saturated rings. The lowest BCUT2D eigenvalue weighted by Crippen LogP contribution is -2.55. The topological polar surface area (TPSA) is 55.8 Å². The summed E-state index contributed by atoms with van der Waals surface area (Å²) in [7, 11) is 0. The van der Waals surface area contributed by atoms with E-state index in [1.54, 1.807) is 0 Å².